The summed E-state index contributed by atoms with van der Waals surface area (Å²) in [6.07, 6.45) is 5.15. The summed E-state index contributed by atoms with van der Waals surface area (Å²) in [7, 11) is 0. The molecule has 1 aliphatic heterocycles. The number of fused-ring (bicyclic) bond motifs is 1. The fourth-order valence-electron chi connectivity index (χ4n) is 2.68. The molecular formula is C17H16N2O3S. The summed E-state index contributed by atoms with van der Waals surface area (Å²) in [6.45, 7) is 2.21. The summed E-state index contributed by atoms with van der Waals surface area (Å²) in [5.74, 6) is -1.27. The molecule has 2 aromatic rings. The maximum Gasteiger partial charge on any atom is 0.326 e. The fourth-order valence-corrected chi connectivity index (χ4v) is 3.37. The molecule has 1 atom stereocenters. The topological polar surface area (TPSA) is 70.5 Å². The zero-order valence-electron chi connectivity index (χ0n) is 12.6. The highest BCUT2D eigenvalue weighted by Gasteiger charge is 2.33. The number of carboxylic acid groups (broad SMARTS) is 1. The third-order valence-electron chi connectivity index (χ3n) is 3.85. The number of carbonyl (C=O) groups is 2. The maximum absolute atomic E-state index is 12.5. The number of hydrogen-bond acceptors (Lipinski definition) is 4. The van der Waals surface area contributed by atoms with Crippen LogP contribution in [0.5, 0.6) is 0 Å². The van der Waals surface area contributed by atoms with Gasteiger partial charge in [0.25, 0.3) is 0 Å². The van der Waals surface area contributed by atoms with Gasteiger partial charge in [0.15, 0.2) is 0 Å². The van der Waals surface area contributed by atoms with E-state index in [1.54, 1.807) is 12.3 Å². The summed E-state index contributed by atoms with van der Waals surface area (Å²) in [6, 6.07) is 6.82. The van der Waals surface area contributed by atoms with Crippen LogP contribution in [0, 0.1) is 6.92 Å². The van der Waals surface area contributed by atoms with E-state index in [-0.39, 0.29) is 5.91 Å². The Labute approximate surface area is 137 Å². The Balaban J connectivity index is 1.83. The van der Waals surface area contributed by atoms with Crippen molar-refractivity contribution in [2.24, 2.45) is 0 Å². The lowest BCUT2D eigenvalue weighted by Crippen LogP contribution is -2.48. The Morgan fingerprint density at radius 3 is 2.74 bits per heavy atom. The molecule has 6 heteroatoms. The molecule has 0 fully saturated rings. The van der Waals surface area contributed by atoms with Crippen LogP contribution < -0.4 is 0 Å². The molecule has 0 saturated heterocycles. The van der Waals surface area contributed by atoms with Crippen LogP contribution >= 0.6 is 11.3 Å². The second-order valence-corrected chi connectivity index (χ2v) is 6.67. The molecule has 1 amide bonds. The van der Waals surface area contributed by atoms with Gasteiger partial charge in [0.05, 0.1) is 5.01 Å². The molecule has 2 heterocycles. The van der Waals surface area contributed by atoms with Gasteiger partial charge in [-0.3, -0.25) is 4.79 Å². The van der Waals surface area contributed by atoms with Crippen LogP contribution in [-0.4, -0.2) is 32.9 Å². The van der Waals surface area contributed by atoms with Crippen LogP contribution in [-0.2, 0) is 22.6 Å². The van der Waals surface area contributed by atoms with Crippen molar-refractivity contribution in [1.82, 2.24) is 9.88 Å². The van der Waals surface area contributed by atoms with Gasteiger partial charge in [0, 0.05) is 30.1 Å². The number of carbonyl (C=O) groups excluding carboxylic acids is 1. The van der Waals surface area contributed by atoms with Crippen LogP contribution in [0.15, 0.2) is 36.5 Å². The Morgan fingerprint density at radius 2 is 2.09 bits per heavy atom. The lowest BCUT2D eigenvalue weighted by Gasteiger charge is -2.33. The van der Waals surface area contributed by atoms with Crippen LogP contribution in [0.1, 0.15) is 21.0 Å². The first kappa shape index (κ1) is 15.4. The van der Waals surface area contributed by atoms with E-state index < -0.39 is 12.0 Å². The number of carboxylic acids is 1. The SMILES string of the molecule is Cc1ncc(C=CC(=O)N2Cc3ccccc3CC2C(=O)O)s1. The Morgan fingerprint density at radius 1 is 1.35 bits per heavy atom. The summed E-state index contributed by atoms with van der Waals surface area (Å²) < 4.78 is 0. The number of hydrogen-bond donors (Lipinski definition) is 1. The quantitative estimate of drug-likeness (QED) is 0.879. The van der Waals surface area contributed by atoms with Gasteiger partial charge in [0.2, 0.25) is 5.91 Å². The summed E-state index contributed by atoms with van der Waals surface area (Å²) in [4.78, 5) is 30.4. The molecule has 1 N–H and O–H groups in total. The van der Waals surface area contributed by atoms with Gasteiger partial charge in [-0.1, -0.05) is 24.3 Å². The van der Waals surface area contributed by atoms with Gasteiger partial charge < -0.3 is 10.0 Å². The summed E-state index contributed by atoms with van der Waals surface area (Å²) in [5, 5.41) is 10.4. The number of aliphatic carboxylic acids is 1. The Kier molecular flexibility index (Phi) is 4.25. The fraction of sp³-hybridized carbons (Fsp3) is 0.235. The number of aromatic nitrogens is 1. The van der Waals surface area contributed by atoms with E-state index in [0.717, 1.165) is 21.0 Å². The van der Waals surface area contributed by atoms with Crippen LogP contribution in [0.2, 0.25) is 0 Å². The van der Waals surface area contributed by atoms with E-state index in [9.17, 15) is 14.7 Å². The lowest BCUT2D eigenvalue weighted by atomic mass is 9.94. The average molecular weight is 328 g/mol. The zero-order chi connectivity index (χ0) is 16.4. The molecular weight excluding hydrogens is 312 g/mol. The highest BCUT2D eigenvalue weighted by Crippen LogP contribution is 2.24. The predicted molar refractivity (Wildman–Crippen MR) is 88.0 cm³/mol. The van der Waals surface area contributed by atoms with E-state index in [0.29, 0.717) is 13.0 Å². The summed E-state index contributed by atoms with van der Waals surface area (Å²) >= 11 is 1.49. The van der Waals surface area contributed by atoms with Crippen molar-refractivity contribution in [1.29, 1.82) is 0 Å². The number of benzene rings is 1. The molecule has 0 radical (unpaired) electrons. The second kappa shape index (κ2) is 6.34. The molecule has 5 nitrogen and oxygen atoms in total. The van der Waals surface area contributed by atoms with E-state index >= 15 is 0 Å². The maximum atomic E-state index is 12.5. The van der Waals surface area contributed by atoms with Gasteiger partial charge in [0.1, 0.15) is 6.04 Å². The first-order chi connectivity index (χ1) is 11.0. The minimum atomic E-state index is -0.977. The van der Waals surface area contributed by atoms with Crippen molar-refractivity contribution >= 4 is 29.3 Å². The molecule has 1 aliphatic rings. The van der Waals surface area contributed by atoms with Crippen LogP contribution in [0.3, 0.4) is 0 Å². The number of nitrogens with zero attached hydrogens (tertiary/aromatic N) is 2. The largest absolute Gasteiger partial charge is 0.480 e. The van der Waals surface area contributed by atoms with E-state index in [2.05, 4.69) is 4.98 Å². The Hall–Kier alpha value is -2.47. The zero-order valence-corrected chi connectivity index (χ0v) is 13.4. The second-order valence-electron chi connectivity index (χ2n) is 5.41. The first-order valence-corrected chi connectivity index (χ1v) is 8.07. The van der Waals surface area contributed by atoms with Gasteiger partial charge in [-0.05, 0) is 24.1 Å². The summed E-state index contributed by atoms with van der Waals surface area (Å²) in [5.41, 5.74) is 1.99. The Bertz CT molecular complexity index is 782. The van der Waals surface area contributed by atoms with E-state index in [4.69, 9.17) is 0 Å². The number of amides is 1. The molecule has 1 unspecified atom stereocenters. The van der Waals surface area contributed by atoms with Gasteiger partial charge in [-0.2, -0.15) is 0 Å². The molecule has 0 aliphatic carbocycles. The third kappa shape index (κ3) is 3.32. The van der Waals surface area contributed by atoms with Crippen LogP contribution in [0.4, 0.5) is 0 Å². The van der Waals surface area contributed by atoms with Crippen molar-refractivity contribution < 1.29 is 14.7 Å². The number of rotatable bonds is 3. The van der Waals surface area contributed by atoms with Crippen molar-refractivity contribution in [3.05, 3.63) is 57.6 Å². The van der Waals surface area contributed by atoms with Crippen molar-refractivity contribution in [3.8, 4) is 0 Å². The molecule has 3 rings (SSSR count). The van der Waals surface area contributed by atoms with Gasteiger partial charge >= 0.3 is 5.97 Å². The van der Waals surface area contributed by atoms with E-state index in [1.807, 2.05) is 31.2 Å². The van der Waals surface area contributed by atoms with Gasteiger partial charge in [-0.25, -0.2) is 9.78 Å². The van der Waals surface area contributed by atoms with Crippen molar-refractivity contribution in [3.63, 3.8) is 0 Å². The molecule has 23 heavy (non-hydrogen) atoms. The predicted octanol–water partition coefficient (Wildman–Crippen LogP) is 2.50. The smallest absolute Gasteiger partial charge is 0.326 e. The lowest BCUT2D eigenvalue weighted by molar-refractivity contribution is -0.149. The average Bonchev–Trinajstić information content (AvgIpc) is 2.96. The molecule has 1 aromatic heterocycles. The first-order valence-electron chi connectivity index (χ1n) is 7.25. The standard InChI is InChI=1S/C17H16N2O3S/c1-11-18-9-14(23-11)6-7-16(20)19-10-13-5-3-2-4-12(13)8-15(19)17(21)22/h2-7,9,15H,8,10H2,1H3,(H,21,22). The highest BCUT2D eigenvalue weighted by atomic mass is 32.1. The van der Waals surface area contributed by atoms with Crippen molar-refractivity contribution in [2.45, 2.75) is 25.9 Å². The monoisotopic (exact) mass is 328 g/mol. The number of aryl methyl sites for hydroxylation is 1. The molecule has 0 saturated carbocycles. The van der Waals surface area contributed by atoms with E-state index in [1.165, 1.54) is 22.3 Å². The molecule has 1 aromatic carbocycles. The van der Waals surface area contributed by atoms with Crippen molar-refractivity contribution in [2.75, 3.05) is 0 Å². The molecule has 0 spiro atoms. The minimum absolute atomic E-state index is 0.294. The van der Waals surface area contributed by atoms with Gasteiger partial charge in [-0.15, -0.1) is 11.3 Å². The third-order valence-corrected chi connectivity index (χ3v) is 4.72. The minimum Gasteiger partial charge on any atom is -0.480 e. The number of thiazole rings is 1. The molecule has 0 bridgehead atoms. The normalized spacial score (nSPS) is 17.3. The van der Waals surface area contributed by atoms with Crippen LogP contribution in [0.25, 0.3) is 6.08 Å². The molecule has 118 valence electrons. The highest BCUT2D eigenvalue weighted by molar-refractivity contribution is 7.12.